The Morgan fingerprint density at radius 2 is 1.71 bits per heavy atom. The third-order valence-corrected chi connectivity index (χ3v) is 6.48. The van der Waals surface area contributed by atoms with Gasteiger partial charge in [0.25, 0.3) is 0 Å². The average Bonchev–Trinajstić information content (AvgIpc) is 2.79. The van der Waals surface area contributed by atoms with Crippen LogP contribution >= 0.6 is 0 Å². The highest BCUT2D eigenvalue weighted by Gasteiger charge is 2.33. The van der Waals surface area contributed by atoms with Crippen molar-refractivity contribution < 1.29 is 14.3 Å². The number of hydrogen-bond acceptors (Lipinski definition) is 10. The molecule has 0 atom stereocenters. The van der Waals surface area contributed by atoms with Crippen LogP contribution in [0.5, 0.6) is 0 Å². The molecule has 2 fully saturated rings. The molecule has 0 aromatic carbocycles. The molecule has 0 spiro atoms. The molecule has 1 N–H and O–H groups in total. The van der Waals surface area contributed by atoms with Gasteiger partial charge in [-0.15, -0.1) is 0 Å². The van der Waals surface area contributed by atoms with Crippen LogP contribution in [0.25, 0.3) is 0 Å². The number of pyridine rings is 1. The zero-order valence-corrected chi connectivity index (χ0v) is 17.5. The molecule has 2 aliphatic heterocycles. The number of nitrogens with one attached hydrogen (secondary N) is 1. The summed E-state index contributed by atoms with van der Waals surface area (Å²) >= 11 is -0.930. The van der Waals surface area contributed by atoms with Crippen molar-refractivity contribution in [2.24, 2.45) is 0 Å². The number of amides is 1. The SMILES string of the molecule is O=CN1CCN(c2nc(Nc3ccncc3)c([N+](=O)[O-])c(N3CC[S+]([O-])CC3)n2)CC1. The summed E-state index contributed by atoms with van der Waals surface area (Å²) in [5.74, 6) is 1.51. The van der Waals surface area contributed by atoms with E-state index in [4.69, 9.17) is 0 Å². The van der Waals surface area contributed by atoms with E-state index in [1.807, 2.05) is 4.90 Å². The molecule has 4 rings (SSSR count). The number of carbonyl (C=O) groups is 1. The van der Waals surface area contributed by atoms with E-state index in [9.17, 15) is 19.5 Å². The molecule has 1 amide bonds. The van der Waals surface area contributed by atoms with E-state index in [0.29, 0.717) is 62.4 Å². The molecule has 0 bridgehead atoms. The number of nitro groups is 1. The molecule has 0 aliphatic carbocycles. The fourth-order valence-electron chi connectivity index (χ4n) is 3.50. The van der Waals surface area contributed by atoms with Crippen LogP contribution < -0.4 is 15.1 Å². The second kappa shape index (κ2) is 9.31. The van der Waals surface area contributed by atoms with Crippen LogP contribution in [0.4, 0.5) is 29.0 Å². The number of carbonyl (C=O) groups excluding carboxylic acids is 1. The molecular formula is C18H22N8O4S. The van der Waals surface area contributed by atoms with Gasteiger partial charge in [0, 0.05) is 44.3 Å². The smallest absolute Gasteiger partial charge is 0.353 e. The summed E-state index contributed by atoms with van der Waals surface area (Å²) in [6.45, 7) is 2.92. The Balaban J connectivity index is 1.74. The van der Waals surface area contributed by atoms with E-state index in [2.05, 4.69) is 20.3 Å². The molecule has 0 unspecified atom stereocenters. The first-order valence-corrected chi connectivity index (χ1v) is 11.3. The second-order valence-electron chi connectivity index (χ2n) is 7.13. The van der Waals surface area contributed by atoms with Crippen molar-refractivity contribution >= 4 is 46.5 Å². The highest BCUT2D eigenvalue weighted by molar-refractivity contribution is 7.91. The lowest BCUT2D eigenvalue weighted by atomic mass is 10.3. The molecule has 2 saturated heterocycles. The Morgan fingerprint density at radius 1 is 1.03 bits per heavy atom. The first-order chi connectivity index (χ1) is 15.0. The van der Waals surface area contributed by atoms with Crippen molar-refractivity contribution in [1.82, 2.24) is 19.9 Å². The van der Waals surface area contributed by atoms with Gasteiger partial charge in [-0.3, -0.25) is 19.9 Å². The summed E-state index contributed by atoms with van der Waals surface area (Å²) in [5.41, 5.74) is 0.388. The Kier molecular flexibility index (Phi) is 6.32. The van der Waals surface area contributed by atoms with Crippen LogP contribution in [0.1, 0.15) is 0 Å². The highest BCUT2D eigenvalue weighted by atomic mass is 32.2. The minimum absolute atomic E-state index is 0.0840. The predicted molar refractivity (Wildman–Crippen MR) is 116 cm³/mol. The molecule has 31 heavy (non-hydrogen) atoms. The lowest BCUT2D eigenvalue weighted by Crippen LogP contribution is -2.46. The van der Waals surface area contributed by atoms with Crippen molar-refractivity contribution in [2.45, 2.75) is 0 Å². The minimum Gasteiger partial charge on any atom is -0.616 e. The average molecular weight is 446 g/mol. The van der Waals surface area contributed by atoms with Gasteiger partial charge in [0.05, 0.1) is 18.0 Å². The normalized spacial score (nSPS) is 17.5. The zero-order chi connectivity index (χ0) is 21.8. The predicted octanol–water partition coefficient (Wildman–Crippen LogP) is 0.371. The zero-order valence-electron chi connectivity index (χ0n) is 16.7. The molecule has 12 nitrogen and oxygen atoms in total. The van der Waals surface area contributed by atoms with Crippen molar-refractivity contribution in [3.8, 4) is 0 Å². The van der Waals surface area contributed by atoms with Gasteiger partial charge in [0.15, 0.2) is 0 Å². The van der Waals surface area contributed by atoms with Crippen LogP contribution in [-0.4, -0.2) is 86.5 Å². The number of piperazine rings is 1. The molecule has 4 heterocycles. The minimum atomic E-state index is -0.930. The quantitative estimate of drug-likeness (QED) is 0.286. The van der Waals surface area contributed by atoms with Gasteiger partial charge in [0.2, 0.25) is 24.0 Å². The molecule has 2 aromatic rings. The fraction of sp³-hybridized carbons (Fsp3) is 0.444. The third-order valence-electron chi connectivity index (χ3n) is 5.20. The molecule has 164 valence electrons. The molecule has 2 aliphatic rings. The van der Waals surface area contributed by atoms with Crippen LogP contribution in [0.15, 0.2) is 24.5 Å². The molecule has 2 aromatic heterocycles. The van der Waals surface area contributed by atoms with Gasteiger partial charge in [-0.25, -0.2) is 0 Å². The summed E-state index contributed by atoms with van der Waals surface area (Å²) < 4.78 is 11.8. The van der Waals surface area contributed by atoms with Gasteiger partial charge in [-0.1, -0.05) is 11.2 Å². The van der Waals surface area contributed by atoms with Crippen molar-refractivity contribution in [2.75, 3.05) is 65.9 Å². The van der Waals surface area contributed by atoms with Crippen LogP contribution in [0, 0.1) is 10.1 Å². The summed E-state index contributed by atoms with van der Waals surface area (Å²) in [7, 11) is 0. The van der Waals surface area contributed by atoms with E-state index >= 15 is 0 Å². The third kappa shape index (κ3) is 4.77. The summed E-state index contributed by atoms with van der Waals surface area (Å²) in [4.78, 5) is 40.9. The first kappa shape index (κ1) is 21.1. The van der Waals surface area contributed by atoms with Crippen LogP contribution in [0.3, 0.4) is 0 Å². The standard InChI is InChI=1S/C18H22N8O4S/c27-13-23-5-7-25(8-6-23)18-21-16(20-14-1-3-19-4-2-14)15(26(28)29)17(22-18)24-9-11-31(30)12-10-24/h1-4,13H,5-12H2,(H,19,20,21,22). The number of rotatable bonds is 6. The van der Waals surface area contributed by atoms with E-state index in [0.717, 1.165) is 6.41 Å². The summed E-state index contributed by atoms with van der Waals surface area (Å²) in [6, 6.07) is 3.39. The lowest BCUT2D eigenvalue weighted by molar-refractivity contribution is -0.383. The van der Waals surface area contributed by atoms with Gasteiger partial charge in [-0.05, 0) is 12.1 Å². The summed E-state index contributed by atoms with van der Waals surface area (Å²) in [6.07, 6.45) is 3.97. The number of aromatic nitrogens is 3. The maximum Gasteiger partial charge on any atom is 0.353 e. The molecular weight excluding hydrogens is 424 g/mol. The topological polar surface area (TPSA) is 144 Å². The van der Waals surface area contributed by atoms with Gasteiger partial charge < -0.3 is 24.6 Å². The van der Waals surface area contributed by atoms with Crippen LogP contribution in [0.2, 0.25) is 0 Å². The van der Waals surface area contributed by atoms with Gasteiger partial charge in [0.1, 0.15) is 11.5 Å². The number of anilines is 4. The number of nitrogens with zero attached hydrogens (tertiary/aromatic N) is 7. The van der Waals surface area contributed by atoms with E-state index in [1.54, 1.807) is 34.3 Å². The lowest BCUT2D eigenvalue weighted by Gasteiger charge is -2.34. The van der Waals surface area contributed by atoms with E-state index in [-0.39, 0.29) is 17.3 Å². The fourth-order valence-corrected chi connectivity index (χ4v) is 4.55. The Hall–Kier alpha value is -3.19. The molecule has 13 heteroatoms. The van der Waals surface area contributed by atoms with E-state index < -0.39 is 16.1 Å². The Bertz CT molecular complexity index is 934. The molecule has 0 radical (unpaired) electrons. The van der Waals surface area contributed by atoms with Crippen LogP contribution in [-0.2, 0) is 16.0 Å². The van der Waals surface area contributed by atoms with E-state index in [1.165, 1.54) is 0 Å². The van der Waals surface area contributed by atoms with Gasteiger partial charge in [-0.2, -0.15) is 9.97 Å². The number of hydrogen-bond donors (Lipinski definition) is 1. The largest absolute Gasteiger partial charge is 0.616 e. The second-order valence-corrected chi connectivity index (χ2v) is 8.82. The summed E-state index contributed by atoms with van der Waals surface area (Å²) in [5, 5.41) is 15.1. The van der Waals surface area contributed by atoms with Gasteiger partial charge >= 0.3 is 5.69 Å². The Labute approximate surface area is 181 Å². The van der Waals surface area contributed by atoms with Crippen molar-refractivity contribution in [1.29, 1.82) is 0 Å². The maximum atomic E-state index is 12.0. The maximum absolute atomic E-state index is 12.0. The first-order valence-electron chi connectivity index (χ1n) is 9.83. The van der Waals surface area contributed by atoms with Crippen molar-refractivity contribution in [3.05, 3.63) is 34.6 Å². The highest BCUT2D eigenvalue weighted by Crippen LogP contribution is 2.37. The molecule has 0 saturated carbocycles. The monoisotopic (exact) mass is 446 g/mol. The van der Waals surface area contributed by atoms with Crippen molar-refractivity contribution in [3.63, 3.8) is 0 Å². The Morgan fingerprint density at radius 3 is 2.32 bits per heavy atom.